The Bertz CT molecular complexity index is 749. The molecular formula is C19H23ClN4O. The zero-order chi connectivity index (χ0) is 17.3. The first kappa shape index (κ1) is 16.5. The second-order valence-corrected chi connectivity index (χ2v) is 7.65. The number of rotatable bonds is 6. The van der Waals surface area contributed by atoms with Crippen molar-refractivity contribution >= 4 is 23.2 Å². The lowest BCUT2D eigenvalue weighted by molar-refractivity contribution is 0.0942. The second kappa shape index (κ2) is 6.71. The molecule has 4 rings (SSSR count). The van der Waals surface area contributed by atoms with Gasteiger partial charge in [0.1, 0.15) is 0 Å². The number of hydrogen-bond acceptors (Lipinski definition) is 3. The molecule has 2 aromatic rings. The van der Waals surface area contributed by atoms with Crippen LogP contribution in [0.3, 0.4) is 0 Å². The minimum Gasteiger partial charge on any atom is -0.370 e. The summed E-state index contributed by atoms with van der Waals surface area (Å²) in [5.74, 6) is -0.0541. The topological polar surface area (TPSA) is 50.2 Å². The van der Waals surface area contributed by atoms with Crippen molar-refractivity contribution in [2.45, 2.75) is 32.2 Å². The second-order valence-electron chi connectivity index (χ2n) is 7.25. The van der Waals surface area contributed by atoms with Crippen LogP contribution in [0, 0.1) is 5.41 Å². The maximum Gasteiger partial charge on any atom is 0.251 e. The number of amides is 1. The van der Waals surface area contributed by atoms with Gasteiger partial charge in [-0.1, -0.05) is 11.6 Å². The SMILES string of the molecule is O=C(NCC1(Cn2cccn2)CC1)c1ccc(N2CCCC2)c(Cl)c1. The average molecular weight is 359 g/mol. The summed E-state index contributed by atoms with van der Waals surface area (Å²) >= 11 is 6.42. The Labute approximate surface area is 153 Å². The highest BCUT2D eigenvalue weighted by Crippen LogP contribution is 2.46. The Morgan fingerprint density at radius 1 is 1.28 bits per heavy atom. The Balaban J connectivity index is 1.37. The molecule has 2 heterocycles. The predicted molar refractivity (Wildman–Crippen MR) is 99.1 cm³/mol. The maximum atomic E-state index is 12.5. The smallest absolute Gasteiger partial charge is 0.251 e. The minimum atomic E-state index is -0.0541. The van der Waals surface area contributed by atoms with Gasteiger partial charge >= 0.3 is 0 Å². The molecule has 1 saturated carbocycles. The molecule has 2 aliphatic rings. The molecule has 1 amide bonds. The van der Waals surface area contributed by atoms with Gasteiger partial charge in [0.2, 0.25) is 0 Å². The maximum absolute atomic E-state index is 12.5. The van der Waals surface area contributed by atoms with Crippen molar-refractivity contribution in [1.29, 1.82) is 0 Å². The van der Waals surface area contributed by atoms with E-state index in [2.05, 4.69) is 15.3 Å². The number of hydrogen-bond donors (Lipinski definition) is 1. The molecule has 0 radical (unpaired) electrons. The molecule has 2 fully saturated rings. The molecule has 1 aliphatic heterocycles. The average Bonchev–Trinajstić information content (AvgIpc) is 3.02. The zero-order valence-electron chi connectivity index (χ0n) is 14.2. The van der Waals surface area contributed by atoms with E-state index >= 15 is 0 Å². The highest BCUT2D eigenvalue weighted by atomic mass is 35.5. The lowest BCUT2D eigenvalue weighted by Gasteiger charge is -2.20. The summed E-state index contributed by atoms with van der Waals surface area (Å²) in [7, 11) is 0. The molecule has 0 unspecified atom stereocenters. The third kappa shape index (κ3) is 3.66. The fourth-order valence-electron chi connectivity index (χ4n) is 3.54. The number of carbonyl (C=O) groups is 1. The van der Waals surface area contributed by atoms with Gasteiger partial charge in [0, 0.05) is 49.6 Å². The number of nitrogens with one attached hydrogen (secondary N) is 1. The standard InChI is InChI=1S/C19H23ClN4O/c20-16-12-15(4-5-17(16)23-9-1-2-10-23)18(25)21-13-19(6-7-19)14-24-11-3-8-22-24/h3-5,8,11-12H,1-2,6-7,9-10,13-14H2,(H,21,25). The van der Waals surface area contributed by atoms with E-state index in [9.17, 15) is 4.79 Å². The van der Waals surface area contributed by atoms with Crippen molar-refractivity contribution < 1.29 is 4.79 Å². The number of benzene rings is 1. The van der Waals surface area contributed by atoms with Gasteiger partial charge in [0.25, 0.3) is 5.91 Å². The largest absolute Gasteiger partial charge is 0.370 e. The fraction of sp³-hybridized carbons (Fsp3) is 0.474. The first-order valence-corrected chi connectivity index (χ1v) is 9.33. The van der Waals surface area contributed by atoms with Gasteiger partial charge in [-0.25, -0.2) is 0 Å². The number of nitrogens with zero attached hydrogens (tertiary/aromatic N) is 3. The van der Waals surface area contributed by atoms with E-state index < -0.39 is 0 Å². The van der Waals surface area contributed by atoms with Crippen molar-refractivity contribution in [1.82, 2.24) is 15.1 Å². The van der Waals surface area contributed by atoms with Crippen LogP contribution in [0.15, 0.2) is 36.7 Å². The van der Waals surface area contributed by atoms with Gasteiger partial charge in [0.15, 0.2) is 0 Å². The van der Waals surface area contributed by atoms with Crippen LogP contribution in [0.2, 0.25) is 5.02 Å². The Morgan fingerprint density at radius 2 is 2.08 bits per heavy atom. The van der Waals surface area contributed by atoms with Crippen LogP contribution in [-0.4, -0.2) is 35.3 Å². The summed E-state index contributed by atoms with van der Waals surface area (Å²) in [5, 5.41) is 8.01. The van der Waals surface area contributed by atoms with Gasteiger partial charge in [-0.05, 0) is 49.9 Å². The molecule has 5 nitrogen and oxygen atoms in total. The molecule has 0 bridgehead atoms. The molecule has 0 atom stereocenters. The first-order chi connectivity index (χ1) is 12.2. The highest BCUT2D eigenvalue weighted by Gasteiger charge is 2.43. The fourth-order valence-corrected chi connectivity index (χ4v) is 3.84. The molecule has 1 saturated heterocycles. The summed E-state index contributed by atoms with van der Waals surface area (Å²) in [6.45, 7) is 3.62. The van der Waals surface area contributed by atoms with E-state index in [1.54, 1.807) is 12.3 Å². The monoisotopic (exact) mass is 358 g/mol. The molecule has 6 heteroatoms. The highest BCUT2D eigenvalue weighted by molar-refractivity contribution is 6.33. The van der Waals surface area contributed by atoms with Crippen LogP contribution < -0.4 is 10.2 Å². The van der Waals surface area contributed by atoms with Crippen molar-refractivity contribution in [3.05, 3.63) is 47.2 Å². The van der Waals surface area contributed by atoms with Crippen molar-refractivity contribution in [3.8, 4) is 0 Å². The zero-order valence-corrected chi connectivity index (χ0v) is 15.0. The van der Waals surface area contributed by atoms with Crippen LogP contribution in [0.1, 0.15) is 36.0 Å². The van der Waals surface area contributed by atoms with Crippen LogP contribution in [0.5, 0.6) is 0 Å². The third-order valence-electron chi connectivity index (χ3n) is 5.29. The number of anilines is 1. The van der Waals surface area contributed by atoms with Crippen LogP contribution >= 0.6 is 11.6 Å². The van der Waals surface area contributed by atoms with E-state index in [0.29, 0.717) is 17.1 Å². The van der Waals surface area contributed by atoms with Crippen LogP contribution in [0.4, 0.5) is 5.69 Å². The normalized spacial score (nSPS) is 18.4. The quantitative estimate of drug-likeness (QED) is 0.861. The Kier molecular flexibility index (Phi) is 4.42. The van der Waals surface area contributed by atoms with Gasteiger partial charge < -0.3 is 10.2 Å². The van der Waals surface area contributed by atoms with E-state index in [1.165, 1.54) is 12.8 Å². The van der Waals surface area contributed by atoms with E-state index in [-0.39, 0.29) is 11.3 Å². The lowest BCUT2D eigenvalue weighted by Crippen LogP contribution is -2.32. The molecule has 1 N–H and O–H groups in total. The first-order valence-electron chi connectivity index (χ1n) is 8.95. The molecule has 25 heavy (non-hydrogen) atoms. The molecule has 132 valence electrons. The Morgan fingerprint density at radius 3 is 2.72 bits per heavy atom. The van der Waals surface area contributed by atoms with Crippen molar-refractivity contribution in [2.75, 3.05) is 24.5 Å². The third-order valence-corrected chi connectivity index (χ3v) is 5.60. The number of halogens is 1. The summed E-state index contributed by atoms with van der Waals surface area (Å²) in [5.41, 5.74) is 1.82. The molecule has 0 spiro atoms. The van der Waals surface area contributed by atoms with Gasteiger partial charge in [-0.3, -0.25) is 9.48 Å². The number of aromatic nitrogens is 2. The summed E-state index contributed by atoms with van der Waals surface area (Å²) < 4.78 is 1.95. The van der Waals surface area contributed by atoms with Gasteiger partial charge in [0.05, 0.1) is 10.7 Å². The van der Waals surface area contributed by atoms with Crippen molar-refractivity contribution in [2.24, 2.45) is 5.41 Å². The van der Waals surface area contributed by atoms with E-state index in [1.807, 2.05) is 29.1 Å². The van der Waals surface area contributed by atoms with Crippen LogP contribution in [-0.2, 0) is 6.54 Å². The van der Waals surface area contributed by atoms with Gasteiger partial charge in [-0.2, -0.15) is 5.10 Å². The predicted octanol–water partition coefficient (Wildman–Crippen LogP) is 3.35. The summed E-state index contributed by atoms with van der Waals surface area (Å²) in [6.07, 6.45) is 8.43. The molecule has 1 aromatic carbocycles. The molecule has 1 aliphatic carbocycles. The summed E-state index contributed by atoms with van der Waals surface area (Å²) in [6, 6.07) is 7.57. The minimum absolute atomic E-state index is 0.0541. The number of carbonyl (C=O) groups excluding carboxylic acids is 1. The van der Waals surface area contributed by atoms with E-state index in [0.717, 1.165) is 38.2 Å². The van der Waals surface area contributed by atoms with Crippen LogP contribution in [0.25, 0.3) is 0 Å². The van der Waals surface area contributed by atoms with Crippen molar-refractivity contribution in [3.63, 3.8) is 0 Å². The summed E-state index contributed by atoms with van der Waals surface area (Å²) in [4.78, 5) is 14.8. The van der Waals surface area contributed by atoms with Gasteiger partial charge in [-0.15, -0.1) is 0 Å². The van der Waals surface area contributed by atoms with E-state index in [4.69, 9.17) is 11.6 Å². The Hall–Kier alpha value is -2.01. The molecular weight excluding hydrogens is 336 g/mol. The lowest BCUT2D eigenvalue weighted by atomic mass is 10.1. The molecule has 1 aromatic heterocycles.